The quantitative estimate of drug-likeness (QED) is 0.782. The van der Waals surface area contributed by atoms with Gasteiger partial charge >= 0.3 is 5.97 Å². The Bertz CT molecular complexity index is 761. The van der Waals surface area contributed by atoms with E-state index in [9.17, 15) is 9.90 Å². The molecule has 2 atom stereocenters. The predicted octanol–water partition coefficient (Wildman–Crippen LogP) is 5.33. The third-order valence-electron chi connectivity index (χ3n) is 4.81. The number of hydrogen-bond donors (Lipinski definition) is 1. The molecule has 0 aliphatic carbocycles. The van der Waals surface area contributed by atoms with Gasteiger partial charge in [-0.05, 0) is 49.6 Å². The van der Waals surface area contributed by atoms with E-state index in [-0.39, 0.29) is 6.04 Å². The van der Waals surface area contributed by atoms with Gasteiger partial charge in [0.1, 0.15) is 6.04 Å². The van der Waals surface area contributed by atoms with Crippen LogP contribution in [0.15, 0.2) is 42.5 Å². The van der Waals surface area contributed by atoms with Gasteiger partial charge in [-0.1, -0.05) is 65.5 Å². The van der Waals surface area contributed by atoms with Gasteiger partial charge in [-0.2, -0.15) is 0 Å². The molecule has 0 saturated carbocycles. The highest BCUT2D eigenvalue weighted by Gasteiger charge is 2.35. The number of aryl methyl sites for hydroxylation is 1. The van der Waals surface area contributed by atoms with Crippen LogP contribution >= 0.6 is 23.2 Å². The second-order valence-corrected chi connectivity index (χ2v) is 7.41. The Morgan fingerprint density at radius 2 is 1.88 bits per heavy atom. The van der Waals surface area contributed by atoms with Crippen molar-refractivity contribution in [1.82, 2.24) is 4.90 Å². The van der Waals surface area contributed by atoms with Crippen LogP contribution in [0.2, 0.25) is 10.0 Å². The Hall–Kier alpha value is -1.55. The van der Waals surface area contributed by atoms with E-state index in [1.54, 1.807) is 6.07 Å². The van der Waals surface area contributed by atoms with Gasteiger partial charge in [0, 0.05) is 10.0 Å². The predicted molar refractivity (Wildman–Crippen MR) is 101 cm³/mol. The van der Waals surface area contributed by atoms with Crippen molar-refractivity contribution in [1.29, 1.82) is 0 Å². The zero-order valence-electron chi connectivity index (χ0n) is 14.1. The van der Waals surface area contributed by atoms with E-state index in [0.717, 1.165) is 36.1 Å². The van der Waals surface area contributed by atoms with Crippen molar-refractivity contribution in [2.24, 2.45) is 0 Å². The van der Waals surface area contributed by atoms with Crippen LogP contribution in [0.25, 0.3) is 0 Å². The van der Waals surface area contributed by atoms with E-state index in [1.165, 1.54) is 0 Å². The molecule has 0 aromatic heterocycles. The third kappa shape index (κ3) is 4.00. The van der Waals surface area contributed by atoms with Crippen LogP contribution in [-0.2, 0) is 4.79 Å². The number of benzene rings is 2. The topological polar surface area (TPSA) is 40.5 Å². The molecule has 132 valence electrons. The maximum Gasteiger partial charge on any atom is 0.320 e. The van der Waals surface area contributed by atoms with Crippen LogP contribution in [0, 0.1) is 6.92 Å². The molecule has 1 N–H and O–H groups in total. The molecule has 0 bridgehead atoms. The standard InChI is InChI=1S/C20H21Cl2NO2/c1-13-5-7-14(8-6-13)19(16-10-9-15(21)12-17(16)22)23-11-3-2-4-18(23)20(24)25/h5-10,12,18-19H,2-4,11H2,1H3,(H,24,25). The van der Waals surface area contributed by atoms with Crippen molar-refractivity contribution in [3.8, 4) is 0 Å². The van der Waals surface area contributed by atoms with Crippen molar-refractivity contribution in [2.45, 2.75) is 38.3 Å². The molecule has 3 rings (SSSR count). The normalized spacial score (nSPS) is 19.6. The molecule has 1 aliphatic heterocycles. The molecule has 2 aromatic carbocycles. The zero-order chi connectivity index (χ0) is 18.0. The summed E-state index contributed by atoms with van der Waals surface area (Å²) in [5.41, 5.74) is 3.10. The highest BCUT2D eigenvalue weighted by atomic mass is 35.5. The summed E-state index contributed by atoms with van der Waals surface area (Å²) in [6.45, 7) is 2.77. The first-order valence-corrected chi connectivity index (χ1v) is 9.23. The summed E-state index contributed by atoms with van der Waals surface area (Å²) in [4.78, 5) is 13.9. The third-order valence-corrected chi connectivity index (χ3v) is 5.37. The number of likely N-dealkylation sites (tertiary alicyclic amines) is 1. The lowest BCUT2D eigenvalue weighted by molar-refractivity contribution is -0.145. The average molecular weight is 378 g/mol. The smallest absolute Gasteiger partial charge is 0.320 e. The fourth-order valence-corrected chi connectivity index (χ4v) is 4.06. The molecular weight excluding hydrogens is 357 g/mol. The largest absolute Gasteiger partial charge is 0.480 e. The monoisotopic (exact) mass is 377 g/mol. The number of piperidine rings is 1. The van der Waals surface area contributed by atoms with Crippen LogP contribution in [0.1, 0.15) is 42.0 Å². The minimum atomic E-state index is -0.776. The van der Waals surface area contributed by atoms with E-state index >= 15 is 0 Å². The molecule has 0 spiro atoms. The van der Waals surface area contributed by atoms with Crippen molar-refractivity contribution in [2.75, 3.05) is 6.54 Å². The molecule has 0 amide bonds. The molecule has 1 aliphatic rings. The lowest BCUT2D eigenvalue weighted by Crippen LogP contribution is -2.46. The van der Waals surface area contributed by atoms with Gasteiger partial charge < -0.3 is 5.11 Å². The van der Waals surface area contributed by atoms with Gasteiger partial charge in [0.05, 0.1) is 6.04 Å². The fourth-order valence-electron chi connectivity index (χ4n) is 3.55. The lowest BCUT2D eigenvalue weighted by Gasteiger charge is -2.40. The Morgan fingerprint density at radius 3 is 2.52 bits per heavy atom. The summed E-state index contributed by atoms with van der Waals surface area (Å²) < 4.78 is 0. The molecule has 2 unspecified atom stereocenters. The number of carboxylic acids is 1. The highest BCUT2D eigenvalue weighted by Crippen LogP contribution is 2.38. The van der Waals surface area contributed by atoms with Gasteiger partial charge in [0.2, 0.25) is 0 Å². The summed E-state index contributed by atoms with van der Waals surface area (Å²) in [7, 11) is 0. The van der Waals surface area contributed by atoms with Gasteiger partial charge in [0.25, 0.3) is 0 Å². The van der Waals surface area contributed by atoms with Crippen LogP contribution in [0.5, 0.6) is 0 Å². The van der Waals surface area contributed by atoms with Crippen molar-refractivity contribution < 1.29 is 9.90 Å². The number of halogens is 2. The van der Waals surface area contributed by atoms with E-state index in [0.29, 0.717) is 16.5 Å². The Kier molecular flexibility index (Phi) is 5.67. The summed E-state index contributed by atoms with van der Waals surface area (Å²) in [5.74, 6) is -0.776. The first kappa shape index (κ1) is 18.2. The van der Waals surface area contributed by atoms with Gasteiger partial charge in [-0.25, -0.2) is 0 Å². The van der Waals surface area contributed by atoms with Crippen LogP contribution in [0.3, 0.4) is 0 Å². The summed E-state index contributed by atoms with van der Waals surface area (Å²) in [5, 5.41) is 10.8. The lowest BCUT2D eigenvalue weighted by atomic mass is 9.91. The number of carboxylic acid groups (broad SMARTS) is 1. The maximum atomic E-state index is 11.8. The van der Waals surface area contributed by atoms with Gasteiger partial charge in [-0.15, -0.1) is 0 Å². The molecule has 2 aromatic rings. The second kappa shape index (κ2) is 7.77. The van der Waals surface area contributed by atoms with E-state index < -0.39 is 12.0 Å². The summed E-state index contributed by atoms with van der Waals surface area (Å²) in [6.07, 6.45) is 2.57. The first-order chi connectivity index (χ1) is 12.0. The van der Waals surface area contributed by atoms with E-state index in [1.807, 2.05) is 31.2 Å². The molecule has 25 heavy (non-hydrogen) atoms. The van der Waals surface area contributed by atoms with Crippen molar-refractivity contribution in [3.05, 3.63) is 69.2 Å². The molecule has 1 fully saturated rings. The molecular formula is C20H21Cl2NO2. The first-order valence-electron chi connectivity index (χ1n) is 8.47. The molecule has 1 heterocycles. The van der Waals surface area contributed by atoms with Crippen LogP contribution in [-0.4, -0.2) is 28.6 Å². The number of aliphatic carboxylic acids is 1. The average Bonchev–Trinajstić information content (AvgIpc) is 2.59. The van der Waals surface area contributed by atoms with E-state index in [4.69, 9.17) is 23.2 Å². The Balaban J connectivity index is 2.10. The number of hydrogen-bond acceptors (Lipinski definition) is 2. The molecule has 5 heteroatoms. The fraction of sp³-hybridized carbons (Fsp3) is 0.350. The SMILES string of the molecule is Cc1ccc(C(c2ccc(Cl)cc2Cl)N2CCCCC2C(=O)O)cc1. The Labute approximate surface area is 158 Å². The van der Waals surface area contributed by atoms with Crippen molar-refractivity contribution >= 4 is 29.2 Å². The minimum Gasteiger partial charge on any atom is -0.480 e. The number of nitrogens with zero attached hydrogens (tertiary/aromatic N) is 1. The van der Waals surface area contributed by atoms with Crippen molar-refractivity contribution in [3.63, 3.8) is 0 Å². The molecule has 0 radical (unpaired) electrons. The van der Waals surface area contributed by atoms with Crippen LogP contribution < -0.4 is 0 Å². The number of rotatable bonds is 4. The maximum absolute atomic E-state index is 11.8. The zero-order valence-corrected chi connectivity index (χ0v) is 15.6. The second-order valence-electron chi connectivity index (χ2n) is 6.57. The number of carbonyl (C=O) groups is 1. The van der Waals surface area contributed by atoms with E-state index in [2.05, 4.69) is 17.0 Å². The highest BCUT2D eigenvalue weighted by molar-refractivity contribution is 6.35. The molecule has 1 saturated heterocycles. The summed E-state index contributed by atoms with van der Waals surface area (Å²) in [6, 6.07) is 12.9. The van der Waals surface area contributed by atoms with Crippen LogP contribution in [0.4, 0.5) is 0 Å². The van der Waals surface area contributed by atoms with Gasteiger partial charge in [0.15, 0.2) is 0 Å². The summed E-state index contributed by atoms with van der Waals surface area (Å²) >= 11 is 12.6. The minimum absolute atomic E-state index is 0.202. The van der Waals surface area contributed by atoms with Gasteiger partial charge in [-0.3, -0.25) is 9.69 Å². The molecule has 3 nitrogen and oxygen atoms in total. The Morgan fingerprint density at radius 1 is 1.16 bits per heavy atom.